The van der Waals surface area contributed by atoms with Crippen LogP contribution < -0.4 is 14.4 Å². The van der Waals surface area contributed by atoms with Crippen LogP contribution in [-0.4, -0.2) is 38.7 Å². The van der Waals surface area contributed by atoms with Crippen LogP contribution >= 0.6 is 11.6 Å². The lowest BCUT2D eigenvalue weighted by Crippen LogP contribution is -2.47. The third kappa shape index (κ3) is 3.25. The van der Waals surface area contributed by atoms with Gasteiger partial charge in [-0.15, -0.1) is 0 Å². The Morgan fingerprint density at radius 2 is 1.96 bits per heavy atom. The number of methoxy groups -OCH3 is 2. The number of hydrogen-bond donors (Lipinski definition) is 0. The SMILES string of the molecule is COC(=O)[C@@H]1CN(C(=O)c2cc(Cl)ccc2OC)c2ccccc2O1. The molecule has 0 fully saturated rings. The van der Waals surface area contributed by atoms with Crippen LogP contribution in [0, 0.1) is 0 Å². The first-order valence-electron chi connectivity index (χ1n) is 7.54. The monoisotopic (exact) mass is 361 g/mol. The van der Waals surface area contributed by atoms with Gasteiger partial charge in [-0.05, 0) is 30.3 Å². The summed E-state index contributed by atoms with van der Waals surface area (Å²) < 4.78 is 15.7. The van der Waals surface area contributed by atoms with E-state index in [0.717, 1.165) is 0 Å². The summed E-state index contributed by atoms with van der Waals surface area (Å²) in [6.45, 7) is 0.0260. The fourth-order valence-electron chi connectivity index (χ4n) is 2.67. The molecular weight excluding hydrogens is 346 g/mol. The predicted molar refractivity (Wildman–Crippen MR) is 92.6 cm³/mol. The molecule has 2 aromatic carbocycles. The molecule has 3 rings (SSSR count). The molecule has 1 heterocycles. The lowest BCUT2D eigenvalue weighted by atomic mass is 10.1. The van der Waals surface area contributed by atoms with Crippen LogP contribution in [0.1, 0.15) is 10.4 Å². The third-order valence-electron chi connectivity index (χ3n) is 3.87. The van der Waals surface area contributed by atoms with E-state index < -0.39 is 12.1 Å². The van der Waals surface area contributed by atoms with Crippen LogP contribution in [0.3, 0.4) is 0 Å². The van der Waals surface area contributed by atoms with Crippen molar-refractivity contribution >= 4 is 29.2 Å². The minimum absolute atomic E-state index is 0.0260. The number of rotatable bonds is 3. The van der Waals surface area contributed by atoms with E-state index in [4.69, 9.17) is 25.8 Å². The molecule has 0 aliphatic carbocycles. The highest BCUT2D eigenvalue weighted by Crippen LogP contribution is 2.35. The first-order chi connectivity index (χ1) is 12.0. The predicted octanol–water partition coefficient (Wildman–Crippen LogP) is 2.93. The molecule has 0 saturated heterocycles. The van der Waals surface area contributed by atoms with Gasteiger partial charge >= 0.3 is 5.97 Å². The Labute approximate surface area is 149 Å². The number of fused-ring (bicyclic) bond motifs is 1. The molecule has 1 amide bonds. The smallest absolute Gasteiger partial charge is 0.348 e. The number of halogens is 1. The Morgan fingerprint density at radius 1 is 1.20 bits per heavy atom. The van der Waals surface area contributed by atoms with Crippen molar-refractivity contribution in [3.05, 3.63) is 53.1 Å². The average molecular weight is 362 g/mol. The van der Waals surface area contributed by atoms with Gasteiger partial charge in [0.15, 0.2) is 0 Å². The fraction of sp³-hybridized carbons (Fsp3) is 0.222. The van der Waals surface area contributed by atoms with Crippen molar-refractivity contribution in [3.63, 3.8) is 0 Å². The number of anilines is 1. The zero-order chi connectivity index (χ0) is 18.0. The number of esters is 1. The highest BCUT2D eigenvalue weighted by atomic mass is 35.5. The summed E-state index contributed by atoms with van der Waals surface area (Å²) in [6.07, 6.45) is -0.908. The summed E-state index contributed by atoms with van der Waals surface area (Å²) in [5, 5.41) is 0.412. The van der Waals surface area contributed by atoms with Crippen LogP contribution in [0.25, 0.3) is 0 Å². The van der Waals surface area contributed by atoms with Gasteiger partial charge in [-0.1, -0.05) is 23.7 Å². The van der Waals surface area contributed by atoms with Crippen LogP contribution in [0.2, 0.25) is 5.02 Å². The van der Waals surface area contributed by atoms with Crippen LogP contribution in [-0.2, 0) is 9.53 Å². The third-order valence-corrected chi connectivity index (χ3v) is 4.11. The molecule has 0 N–H and O–H groups in total. The van der Waals surface area contributed by atoms with E-state index in [9.17, 15) is 9.59 Å². The quantitative estimate of drug-likeness (QED) is 0.786. The normalized spacial score (nSPS) is 15.8. The van der Waals surface area contributed by atoms with Gasteiger partial charge < -0.3 is 19.1 Å². The second-order valence-electron chi connectivity index (χ2n) is 5.36. The summed E-state index contributed by atoms with van der Waals surface area (Å²) in [5.41, 5.74) is 0.866. The standard InChI is InChI=1S/C18H16ClNO5/c1-23-14-8-7-11(19)9-12(14)17(21)20-10-16(18(22)24-2)25-15-6-4-3-5-13(15)20/h3-9,16H,10H2,1-2H3/t16-/m0/s1. The lowest BCUT2D eigenvalue weighted by Gasteiger charge is -2.33. The van der Waals surface area contributed by atoms with Crippen molar-refractivity contribution in [1.82, 2.24) is 0 Å². The zero-order valence-corrected chi connectivity index (χ0v) is 14.4. The van der Waals surface area contributed by atoms with Gasteiger partial charge in [0.2, 0.25) is 6.10 Å². The summed E-state index contributed by atoms with van der Waals surface area (Å²) >= 11 is 6.03. The van der Waals surface area contributed by atoms with E-state index in [2.05, 4.69) is 0 Å². The molecule has 0 radical (unpaired) electrons. The molecule has 130 valence electrons. The summed E-state index contributed by atoms with van der Waals surface area (Å²) in [6, 6.07) is 11.8. The topological polar surface area (TPSA) is 65.1 Å². The largest absolute Gasteiger partial charge is 0.496 e. The molecule has 0 spiro atoms. The van der Waals surface area contributed by atoms with E-state index in [0.29, 0.717) is 27.8 Å². The van der Waals surface area contributed by atoms with Gasteiger partial charge in [-0.2, -0.15) is 0 Å². The molecule has 0 bridgehead atoms. The average Bonchev–Trinajstić information content (AvgIpc) is 2.65. The second kappa shape index (κ2) is 7.03. The lowest BCUT2D eigenvalue weighted by molar-refractivity contribution is -0.148. The minimum Gasteiger partial charge on any atom is -0.496 e. The van der Waals surface area contributed by atoms with Crippen molar-refractivity contribution in [2.24, 2.45) is 0 Å². The highest BCUT2D eigenvalue weighted by Gasteiger charge is 2.35. The molecular formula is C18H16ClNO5. The second-order valence-corrected chi connectivity index (χ2v) is 5.79. The van der Waals surface area contributed by atoms with E-state index in [-0.39, 0.29) is 12.5 Å². The zero-order valence-electron chi connectivity index (χ0n) is 13.7. The molecule has 1 aliphatic rings. The van der Waals surface area contributed by atoms with Crippen molar-refractivity contribution in [2.75, 3.05) is 25.7 Å². The summed E-state index contributed by atoms with van der Waals surface area (Å²) in [5.74, 6) is -0.0687. The maximum atomic E-state index is 13.1. The van der Waals surface area contributed by atoms with Crippen LogP contribution in [0.15, 0.2) is 42.5 Å². The molecule has 1 aliphatic heterocycles. The van der Waals surface area contributed by atoms with E-state index in [1.807, 2.05) is 0 Å². The number of benzene rings is 2. The van der Waals surface area contributed by atoms with Crippen molar-refractivity contribution in [3.8, 4) is 11.5 Å². The highest BCUT2D eigenvalue weighted by molar-refractivity contribution is 6.31. The summed E-state index contributed by atoms with van der Waals surface area (Å²) in [7, 11) is 2.75. The molecule has 0 aromatic heterocycles. The Kier molecular flexibility index (Phi) is 4.81. The molecule has 25 heavy (non-hydrogen) atoms. The molecule has 0 unspecified atom stereocenters. The summed E-state index contributed by atoms with van der Waals surface area (Å²) in [4.78, 5) is 26.5. The molecule has 2 aromatic rings. The maximum absolute atomic E-state index is 13.1. The van der Waals surface area contributed by atoms with E-state index in [1.165, 1.54) is 25.2 Å². The molecule has 0 saturated carbocycles. The Bertz CT molecular complexity index is 823. The van der Waals surface area contributed by atoms with Crippen molar-refractivity contribution in [1.29, 1.82) is 0 Å². The van der Waals surface area contributed by atoms with Crippen LogP contribution in [0.5, 0.6) is 11.5 Å². The van der Waals surface area contributed by atoms with Gasteiger partial charge in [-0.25, -0.2) is 4.79 Å². The number of nitrogens with zero attached hydrogens (tertiary/aromatic N) is 1. The first kappa shape index (κ1) is 17.1. The number of ether oxygens (including phenoxy) is 3. The molecule has 1 atom stereocenters. The maximum Gasteiger partial charge on any atom is 0.348 e. The van der Waals surface area contributed by atoms with Gasteiger partial charge in [-0.3, -0.25) is 4.79 Å². The minimum atomic E-state index is -0.908. The first-order valence-corrected chi connectivity index (χ1v) is 7.92. The number of carbonyl (C=O) groups is 2. The van der Waals surface area contributed by atoms with Gasteiger partial charge in [0.05, 0.1) is 32.0 Å². The van der Waals surface area contributed by atoms with Gasteiger partial charge in [0.1, 0.15) is 11.5 Å². The molecule has 6 nitrogen and oxygen atoms in total. The van der Waals surface area contributed by atoms with Gasteiger partial charge in [0, 0.05) is 5.02 Å². The molecule has 7 heteroatoms. The van der Waals surface area contributed by atoms with E-state index >= 15 is 0 Å². The van der Waals surface area contributed by atoms with Crippen molar-refractivity contribution in [2.45, 2.75) is 6.10 Å². The van der Waals surface area contributed by atoms with Crippen LogP contribution in [0.4, 0.5) is 5.69 Å². The van der Waals surface area contributed by atoms with E-state index in [1.54, 1.807) is 36.4 Å². The Balaban J connectivity index is 2.04. The Hall–Kier alpha value is -2.73. The Morgan fingerprint density at radius 3 is 2.68 bits per heavy atom. The number of para-hydroxylation sites is 2. The number of hydrogen-bond acceptors (Lipinski definition) is 5. The van der Waals surface area contributed by atoms with Crippen molar-refractivity contribution < 1.29 is 23.8 Å². The number of carbonyl (C=O) groups excluding carboxylic acids is 2. The van der Waals surface area contributed by atoms with Gasteiger partial charge in [0.25, 0.3) is 5.91 Å². The fourth-order valence-corrected chi connectivity index (χ4v) is 2.85. The number of amides is 1.